The molecule has 0 bridgehead atoms. The minimum atomic E-state index is -0.385. The van der Waals surface area contributed by atoms with E-state index < -0.39 is 0 Å². The van der Waals surface area contributed by atoms with Gasteiger partial charge in [-0.2, -0.15) is 0 Å². The first-order valence-corrected chi connectivity index (χ1v) is 11.3. The van der Waals surface area contributed by atoms with Gasteiger partial charge >= 0.3 is 5.97 Å². The van der Waals surface area contributed by atoms with Gasteiger partial charge in [-0.05, 0) is 55.1 Å². The van der Waals surface area contributed by atoms with E-state index in [4.69, 9.17) is 9.15 Å². The van der Waals surface area contributed by atoms with Crippen molar-refractivity contribution in [3.63, 3.8) is 0 Å². The molecule has 0 saturated heterocycles. The second-order valence-corrected chi connectivity index (χ2v) is 7.89. The number of nitrogens with zero attached hydrogens (tertiary/aromatic N) is 3. The number of hydrogen-bond donors (Lipinski definition) is 1. The van der Waals surface area contributed by atoms with Crippen LogP contribution in [0, 0.1) is 0 Å². The van der Waals surface area contributed by atoms with Gasteiger partial charge in [0.15, 0.2) is 0 Å². The summed E-state index contributed by atoms with van der Waals surface area (Å²) in [6, 6.07) is 11.1. The molecule has 1 amide bonds. The van der Waals surface area contributed by atoms with Crippen molar-refractivity contribution < 1.29 is 18.7 Å². The van der Waals surface area contributed by atoms with Gasteiger partial charge in [0.25, 0.3) is 5.89 Å². The Balaban J connectivity index is 1.54. The zero-order chi connectivity index (χ0) is 22.8. The molecule has 32 heavy (non-hydrogen) atoms. The lowest BCUT2D eigenvalue weighted by Crippen LogP contribution is -2.33. The maximum absolute atomic E-state index is 12.6. The van der Waals surface area contributed by atoms with Crippen LogP contribution in [0.15, 0.2) is 52.3 Å². The molecule has 0 aliphatic carbocycles. The van der Waals surface area contributed by atoms with E-state index in [0.717, 1.165) is 23.4 Å². The molecule has 0 unspecified atom stereocenters. The molecule has 0 spiro atoms. The van der Waals surface area contributed by atoms with Crippen LogP contribution in [-0.2, 0) is 20.9 Å². The van der Waals surface area contributed by atoms with Gasteiger partial charge in [-0.3, -0.25) is 9.69 Å². The Kier molecular flexibility index (Phi) is 8.70. The molecule has 0 atom stereocenters. The molecular formula is C23H26N4O4S. The Morgan fingerprint density at radius 3 is 2.69 bits per heavy atom. The van der Waals surface area contributed by atoms with Gasteiger partial charge < -0.3 is 14.5 Å². The lowest BCUT2D eigenvalue weighted by Gasteiger charge is -2.19. The zero-order valence-corrected chi connectivity index (χ0v) is 18.9. The van der Waals surface area contributed by atoms with Crippen molar-refractivity contribution in [1.29, 1.82) is 0 Å². The van der Waals surface area contributed by atoms with Crippen molar-refractivity contribution in [2.45, 2.75) is 26.8 Å². The number of ether oxygens (including phenoxy) is 1. The summed E-state index contributed by atoms with van der Waals surface area (Å²) in [5.41, 5.74) is 1.51. The third-order valence-electron chi connectivity index (χ3n) is 4.36. The van der Waals surface area contributed by atoms with Gasteiger partial charge in [0.2, 0.25) is 11.8 Å². The average Bonchev–Trinajstić information content (AvgIpc) is 3.45. The fourth-order valence-electron chi connectivity index (χ4n) is 2.97. The van der Waals surface area contributed by atoms with E-state index in [2.05, 4.69) is 22.4 Å². The van der Waals surface area contributed by atoms with Gasteiger partial charge in [-0.15, -0.1) is 21.5 Å². The Bertz CT molecular complexity index is 1030. The molecule has 0 saturated carbocycles. The summed E-state index contributed by atoms with van der Waals surface area (Å²) in [6.45, 7) is 5.48. The van der Waals surface area contributed by atoms with Gasteiger partial charge in [0, 0.05) is 11.8 Å². The first-order chi connectivity index (χ1) is 15.6. The largest absolute Gasteiger partial charge is 0.463 e. The summed E-state index contributed by atoms with van der Waals surface area (Å²) in [7, 11) is 0. The molecule has 8 nitrogen and oxygen atoms in total. The predicted octanol–water partition coefficient (Wildman–Crippen LogP) is 4.23. The van der Waals surface area contributed by atoms with Crippen molar-refractivity contribution in [2.75, 3.05) is 25.0 Å². The van der Waals surface area contributed by atoms with Gasteiger partial charge in [-0.25, -0.2) is 4.79 Å². The van der Waals surface area contributed by atoms with Crippen LogP contribution in [0.3, 0.4) is 0 Å². The minimum Gasteiger partial charge on any atom is -0.463 e. The molecule has 0 aliphatic rings. The molecule has 9 heteroatoms. The molecule has 0 radical (unpaired) electrons. The lowest BCUT2D eigenvalue weighted by atomic mass is 10.2. The quantitative estimate of drug-likeness (QED) is 0.342. The Morgan fingerprint density at radius 1 is 1.19 bits per heavy atom. The molecule has 1 N–H and O–H groups in total. The van der Waals surface area contributed by atoms with Crippen LogP contribution in [0.1, 0.15) is 31.7 Å². The molecule has 1 aromatic carbocycles. The lowest BCUT2D eigenvalue weighted by molar-refractivity contribution is -0.137. The summed E-state index contributed by atoms with van der Waals surface area (Å²) in [5, 5.41) is 13.1. The van der Waals surface area contributed by atoms with Crippen molar-refractivity contribution in [3.05, 3.63) is 59.3 Å². The van der Waals surface area contributed by atoms with Gasteiger partial charge in [-0.1, -0.05) is 25.1 Å². The fraction of sp³-hybridized carbons (Fsp3) is 0.304. The van der Waals surface area contributed by atoms with E-state index in [1.807, 2.05) is 34.5 Å². The van der Waals surface area contributed by atoms with Crippen LogP contribution in [0.5, 0.6) is 0 Å². The molecule has 3 rings (SSSR count). The number of benzene rings is 1. The Morgan fingerprint density at radius 2 is 2.00 bits per heavy atom. The first-order valence-electron chi connectivity index (χ1n) is 10.4. The van der Waals surface area contributed by atoms with Crippen LogP contribution in [0.2, 0.25) is 0 Å². The number of thiophene rings is 1. The standard InChI is InChI=1S/C23H26N4O4S/c1-3-13-27(16-21-25-26-23(31-21)19-6-5-14-32-19)15-20(28)24-18-10-7-17(8-11-18)9-12-22(29)30-4-2/h5-12,14H,3-4,13,15-16H2,1-2H3,(H,24,28)/b12-9+. The first kappa shape index (κ1) is 23.4. The van der Waals surface area contributed by atoms with E-state index in [9.17, 15) is 9.59 Å². The molecule has 0 fully saturated rings. The molecule has 168 valence electrons. The summed E-state index contributed by atoms with van der Waals surface area (Å²) in [6.07, 6.45) is 3.93. The number of carbonyl (C=O) groups excluding carboxylic acids is 2. The average molecular weight is 455 g/mol. The highest BCUT2D eigenvalue weighted by Crippen LogP contribution is 2.23. The number of aromatic nitrogens is 2. The number of anilines is 1. The van der Waals surface area contributed by atoms with Crippen molar-refractivity contribution in [3.8, 4) is 10.8 Å². The molecule has 0 aliphatic heterocycles. The number of rotatable bonds is 11. The smallest absolute Gasteiger partial charge is 0.330 e. The highest BCUT2D eigenvalue weighted by molar-refractivity contribution is 7.13. The highest BCUT2D eigenvalue weighted by atomic mass is 32.1. The van der Waals surface area contributed by atoms with E-state index >= 15 is 0 Å². The van der Waals surface area contributed by atoms with E-state index in [-0.39, 0.29) is 18.4 Å². The minimum absolute atomic E-state index is 0.133. The van der Waals surface area contributed by atoms with Crippen LogP contribution >= 0.6 is 11.3 Å². The van der Waals surface area contributed by atoms with Crippen molar-refractivity contribution in [2.24, 2.45) is 0 Å². The van der Waals surface area contributed by atoms with Crippen molar-refractivity contribution in [1.82, 2.24) is 15.1 Å². The monoisotopic (exact) mass is 454 g/mol. The topological polar surface area (TPSA) is 97.6 Å². The number of nitrogens with one attached hydrogen (secondary N) is 1. The third kappa shape index (κ3) is 7.14. The predicted molar refractivity (Wildman–Crippen MR) is 124 cm³/mol. The fourth-order valence-corrected chi connectivity index (χ4v) is 3.62. The zero-order valence-electron chi connectivity index (χ0n) is 18.1. The normalized spacial score (nSPS) is 11.2. The summed E-state index contributed by atoms with van der Waals surface area (Å²) in [5.74, 6) is 0.455. The van der Waals surface area contributed by atoms with Crippen LogP contribution in [0.25, 0.3) is 16.8 Å². The highest BCUT2D eigenvalue weighted by Gasteiger charge is 2.16. The summed E-state index contributed by atoms with van der Waals surface area (Å²) < 4.78 is 10.6. The summed E-state index contributed by atoms with van der Waals surface area (Å²) >= 11 is 1.54. The third-order valence-corrected chi connectivity index (χ3v) is 5.22. The van der Waals surface area contributed by atoms with Crippen LogP contribution in [-0.4, -0.2) is 46.7 Å². The number of esters is 1. The second-order valence-electron chi connectivity index (χ2n) is 6.94. The van der Waals surface area contributed by atoms with Crippen molar-refractivity contribution >= 4 is 35.0 Å². The van der Waals surface area contributed by atoms with Crippen LogP contribution in [0.4, 0.5) is 5.69 Å². The molecule has 3 aromatic rings. The Labute approximate surface area is 190 Å². The molecule has 2 aromatic heterocycles. The van der Waals surface area contributed by atoms with E-state index in [1.54, 1.807) is 25.1 Å². The SMILES string of the molecule is CCCN(CC(=O)Nc1ccc(/C=C/C(=O)OCC)cc1)Cc1nnc(-c2cccs2)o1. The maximum Gasteiger partial charge on any atom is 0.330 e. The van der Waals surface area contributed by atoms with Gasteiger partial charge in [0.1, 0.15) is 0 Å². The molecular weight excluding hydrogens is 428 g/mol. The second kappa shape index (κ2) is 11.9. The van der Waals surface area contributed by atoms with E-state index in [0.29, 0.717) is 30.6 Å². The number of hydrogen-bond acceptors (Lipinski definition) is 8. The maximum atomic E-state index is 12.6. The number of amides is 1. The summed E-state index contributed by atoms with van der Waals surface area (Å²) in [4.78, 5) is 26.8. The Hall–Kier alpha value is -3.30. The number of carbonyl (C=O) groups is 2. The molecule has 2 heterocycles. The van der Waals surface area contributed by atoms with Gasteiger partial charge in [0.05, 0.1) is 24.6 Å². The van der Waals surface area contributed by atoms with E-state index in [1.165, 1.54) is 17.4 Å². The van der Waals surface area contributed by atoms with Crippen LogP contribution < -0.4 is 5.32 Å².